The monoisotopic (exact) mass is 483 g/mol. The van der Waals surface area contributed by atoms with Gasteiger partial charge in [0.25, 0.3) is 5.91 Å². The highest BCUT2D eigenvalue weighted by Gasteiger charge is 2.29. The number of likely N-dealkylation sites (tertiary alicyclic amines) is 1. The number of halogens is 1. The molecule has 1 saturated heterocycles. The van der Waals surface area contributed by atoms with Gasteiger partial charge in [-0.2, -0.15) is 0 Å². The fourth-order valence-corrected chi connectivity index (χ4v) is 5.12. The van der Waals surface area contributed by atoms with Gasteiger partial charge in [0, 0.05) is 28.9 Å². The molecule has 1 saturated carbocycles. The molecule has 2 N–H and O–H groups in total. The molecule has 1 aliphatic carbocycles. The summed E-state index contributed by atoms with van der Waals surface area (Å²) in [5, 5.41) is 6.28. The van der Waals surface area contributed by atoms with Crippen molar-refractivity contribution < 1.29 is 14.3 Å². The third-order valence-electron chi connectivity index (χ3n) is 6.96. The average molecular weight is 484 g/mol. The third kappa shape index (κ3) is 6.97. The van der Waals surface area contributed by atoms with Crippen LogP contribution in [-0.2, 0) is 9.53 Å². The molecule has 6 nitrogen and oxygen atoms in total. The highest BCUT2D eigenvalue weighted by Crippen LogP contribution is 2.27. The summed E-state index contributed by atoms with van der Waals surface area (Å²) in [6.45, 7) is 2.81. The molecule has 1 aliphatic heterocycles. The Kier molecular flexibility index (Phi) is 8.83. The van der Waals surface area contributed by atoms with Crippen LogP contribution < -0.4 is 10.6 Å². The predicted octanol–water partition coefficient (Wildman–Crippen LogP) is 5.79. The van der Waals surface area contributed by atoms with Crippen LogP contribution in [-0.4, -0.2) is 42.6 Å². The largest absolute Gasteiger partial charge is 0.431 e. The molecular weight excluding hydrogens is 450 g/mol. The van der Waals surface area contributed by atoms with Gasteiger partial charge in [-0.3, -0.25) is 10.1 Å². The van der Waals surface area contributed by atoms with Crippen LogP contribution >= 0.6 is 11.6 Å². The van der Waals surface area contributed by atoms with E-state index in [4.69, 9.17) is 16.3 Å². The van der Waals surface area contributed by atoms with E-state index in [2.05, 4.69) is 15.5 Å². The quantitative estimate of drug-likeness (QED) is 0.522. The Hall–Kier alpha value is -2.57. The van der Waals surface area contributed by atoms with Gasteiger partial charge in [-0.1, -0.05) is 61.2 Å². The molecule has 34 heavy (non-hydrogen) atoms. The second-order valence-corrected chi connectivity index (χ2v) is 9.78. The summed E-state index contributed by atoms with van der Waals surface area (Å²) in [6, 6.07) is 16.6. The fourth-order valence-electron chi connectivity index (χ4n) is 4.99. The van der Waals surface area contributed by atoms with Gasteiger partial charge >= 0.3 is 6.09 Å². The summed E-state index contributed by atoms with van der Waals surface area (Å²) in [5.74, 6) is 0.148. The zero-order chi connectivity index (χ0) is 23.8. The van der Waals surface area contributed by atoms with Gasteiger partial charge in [0.1, 0.15) is 0 Å². The number of hydrogen-bond donors (Lipinski definition) is 2. The van der Waals surface area contributed by atoms with Crippen molar-refractivity contribution in [1.29, 1.82) is 0 Å². The van der Waals surface area contributed by atoms with Crippen molar-refractivity contribution in [2.75, 3.05) is 25.0 Å². The zero-order valence-electron chi connectivity index (χ0n) is 19.5. The van der Waals surface area contributed by atoms with Crippen LogP contribution in [0, 0.1) is 5.92 Å². The zero-order valence-corrected chi connectivity index (χ0v) is 20.3. The Bertz CT molecular complexity index is 924. The minimum absolute atomic E-state index is 0.299. The second-order valence-electron chi connectivity index (χ2n) is 9.34. The molecule has 2 aromatic carbocycles. The molecule has 0 radical (unpaired) electrons. The SMILES string of the molecule is O=C(Nc1ccc(Cl)cc1)O[C@@H](C(=O)NCC1CCN(C2CCCCC2)CC1)c1ccccc1. The maximum atomic E-state index is 13.1. The van der Waals surface area contributed by atoms with Crippen LogP contribution in [0.2, 0.25) is 5.02 Å². The molecule has 0 unspecified atom stereocenters. The van der Waals surface area contributed by atoms with Gasteiger partial charge < -0.3 is 15.0 Å². The van der Waals surface area contributed by atoms with E-state index in [1.54, 1.807) is 36.4 Å². The van der Waals surface area contributed by atoms with Crippen molar-refractivity contribution in [2.24, 2.45) is 5.92 Å². The molecule has 0 aromatic heterocycles. The number of benzene rings is 2. The summed E-state index contributed by atoms with van der Waals surface area (Å²) >= 11 is 5.90. The van der Waals surface area contributed by atoms with Crippen molar-refractivity contribution in [3.8, 4) is 0 Å². The smallest absolute Gasteiger partial charge is 0.412 e. The van der Waals surface area contributed by atoms with Crippen molar-refractivity contribution in [1.82, 2.24) is 10.2 Å². The number of carbonyl (C=O) groups is 2. The van der Waals surface area contributed by atoms with Crippen LogP contribution in [0.25, 0.3) is 0 Å². The van der Waals surface area contributed by atoms with E-state index in [1.807, 2.05) is 18.2 Å². The minimum Gasteiger partial charge on any atom is -0.431 e. The van der Waals surface area contributed by atoms with E-state index < -0.39 is 12.2 Å². The predicted molar refractivity (Wildman–Crippen MR) is 135 cm³/mol. The first-order chi connectivity index (χ1) is 16.6. The Morgan fingerprint density at radius 2 is 1.62 bits per heavy atom. The summed E-state index contributed by atoms with van der Waals surface area (Å²) in [5.41, 5.74) is 1.18. The van der Waals surface area contributed by atoms with E-state index in [9.17, 15) is 9.59 Å². The number of carbonyl (C=O) groups excluding carboxylic acids is 2. The maximum Gasteiger partial charge on any atom is 0.412 e. The molecule has 2 aliphatic rings. The van der Waals surface area contributed by atoms with Gasteiger partial charge in [-0.25, -0.2) is 4.79 Å². The van der Waals surface area contributed by atoms with Crippen molar-refractivity contribution >= 4 is 29.3 Å². The van der Waals surface area contributed by atoms with Crippen LogP contribution in [0.4, 0.5) is 10.5 Å². The molecule has 2 fully saturated rings. The molecule has 7 heteroatoms. The summed E-state index contributed by atoms with van der Waals surface area (Å²) in [4.78, 5) is 28.3. The Morgan fingerprint density at radius 1 is 0.941 bits per heavy atom. The lowest BCUT2D eigenvalue weighted by Gasteiger charge is -2.39. The van der Waals surface area contributed by atoms with Gasteiger partial charge in [-0.05, 0) is 69.0 Å². The van der Waals surface area contributed by atoms with Crippen molar-refractivity contribution in [2.45, 2.75) is 57.1 Å². The number of nitrogens with zero attached hydrogens (tertiary/aromatic N) is 1. The number of amides is 2. The Labute approximate surface area is 207 Å². The summed E-state index contributed by atoms with van der Waals surface area (Å²) < 4.78 is 5.57. The number of anilines is 1. The van der Waals surface area contributed by atoms with Crippen LogP contribution in [0.3, 0.4) is 0 Å². The molecule has 2 aromatic rings. The van der Waals surface area contributed by atoms with E-state index in [0.717, 1.165) is 32.0 Å². The number of piperidine rings is 1. The van der Waals surface area contributed by atoms with Gasteiger partial charge in [0.2, 0.25) is 6.10 Å². The lowest BCUT2D eigenvalue weighted by molar-refractivity contribution is -0.129. The fraction of sp³-hybridized carbons (Fsp3) is 0.481. The van der Waals surface area contributed by atoms with Gasteiger partial charge in [-0.15, -0.1) is 0 Å². The first-order valence-corrected chi connectivity index (χ1v) is 12.8. The molecule has 4 rings (SSSR count). The molecule has 0 bridgehead atoms. The van der Waals surface area contributed by atoms with Crippen LogP contribution in [0.1, 0.15) is 56.6 Å². The average Bonchev–Trinajstić information content (AvgIpc) is 2.88. The minimum atomic E-state index is -1.02. The van der Waals surface area contributed by atoms with Gasteiger partial charge in [0.05, 0.1) is 0 Å². The number of rotatable bonds is 7. The maximum absolute atomic E-state index is 13.1. The standard InChI is InChI=1S/C27H34ClN3O3/c28-22-11-13-23(14-12-22)30-27(33)34-25(21-7-3-1-4-8-21)26(32)29-19-20-15-17-31(18-16-20)24-9-5-2-6-10-24/h1,3-4,7-8,11-14,20,24-25H,2,5-6,9-10,15-19H2,(H,29,32)(H,30,33)/t25-/m1/s1. The van der Waals surface area contributed by atoms with Crippen molar-refractivity contribution in [3.63, 3.8) is 0 Å². The lowest BCUT2D eigenvalue weighted by atomic mass is 9.90. The van der Waals surface area contributed by atoms with Crippen LogP contribution in [0.5, 0.6) is 0 Å². The first-order valence-electron chi connectivity index (χ1n) is 12.4. The molecular formula is C27H34ClN3O3. The van der Waals surface area contributed by atoms with Crippen molar-refractivity contribution in [3.05, 3.63) is 65.2 Å². The highest BCUT2D eigenvalue weighted by molar-refractivity contribution is 6.30. The van der Waals surface area contributed by atoms with Gasteiger partial charge in [0.15, 0.2) is 0 Å². The second kappa shape index (κ2) is 12.2. The number of nitrogens with one attached hydrogen (secondary N) is 2. The molecule has 1 heterocycles. The molecule has 1 atom stereocenters. The van der Waals surface area contributed by atoms with E-state index in [1.165, 1.54) is 32.1 Å². The van der Waals surface area contributed by atoms with E-state index >= 15 is 0 Å². The van der Waals surface area contributed by atoms with Crippen LogP contribution in [0.15, 0.2) is 54.6 Å². The normalized spacial score (nSPS) is 18.7. The molecule has 182 valence electrons. The Morgan fingerprint density at radius 3 is 2.29 bits per heavy atom. The summed E-state index contributed by atoms with van der Waals surface area (Å²) in [7, 11) is 0. The lowest BCUT2D eigenvalue weighted by Crippen LogP contribution is -2.45. The van der Waals surface area contributed by atoms with E-state index in [0.29, 0.717) is 28.7 Å². The number of hydrogen-bond acceptors (Lipinski definition) is 4. The first kappa shape index (κ1) is 24.6. The highest BCUT2D eigenvalue weighted by atomic mass is 35.5. The third-order valence-corrected chi connectivity index (χ3v) is 7.21. The molecule has 2 amide bonds. The molecule has 0 spiro atoms. The number of ether oxygens (including phenoxy) is 1. The Balaban J connectivity index is 1.30. The summed E-state index contributed by atoms with van der Waals surface area (Å²) in [6.07, 6.45) is 7.21. The topological polar surface area (TPSA) is 70.7 Å². The van der Waals surface area contributed by atoms with E-state index in [-0.39, 0.29) is 5.91 Å².